The van der Waals surface area contributed by atoms with Crippen LogP contribution in [0.25, 0.3) is 0 Å². The molecule has 0 saturated carbocycles. The molecule has 6 heteroatoms. The Labute approximate surface area is 224 Å². The molecule has 2 amide bonds. The standard InChI is InChI=1S/C30H35ClN2O2S/c1-22-12-8-9-15-24(22)19-33(28(34)21-36-20-25-16-10-11-17-26(25)31)27(29(35)32-30(2,3)4)18-23-13-6-5-7-14-23/h5-17,27H,18-21H2,1-4H3,(H,32,35)/t27-/m0/s1. The number of aryl methyl sites for hydroxylation is 1. The Hall–Kier alpha value is -2.76. The van der Waals surface area contributed by atoms with Crippen molar-refractivity contribution in [2.24, 2.45) is 0 Å². The number of hydrogen-bond donors (Lipinski definition) is 1. The lowest BCUT2D eigenvalue weighted by Gasteiger charge is -2.34. The third kappa shape index (κ3) is 8.42. The Bertz CT molecular complexity index is 1160. The lowest BCUT2D eigenvalue weighted by atomic mass is 10.00. The van der Waals surface area contributed by atoms with E-state index in [2.05, 4.69) is 5.32 Å². The second-order valence-electron chi connectivity index (χ2n) is 9.98. The molecule has 4 nitrogen and oxygen atoms in total. The number of hydrogen-bond acceptors (Lipinski definition) is 3. The number of carbonyl (C=O) groups excluding carboxylic acids is 2. The van der Waals surface area contributed by atoms with Gasteiger partial charge in [0.25, 0.3) is 0 Å². The lowest BCUT2D eigenvalue weighted by Crippen LogP contribution is -2.54. The number of carbonyl (C=O) groups is 2. The summed E-state index contributed by atoms with van der Waals surface area (Å²) < 4.78 is 0. The molecule has 0 fully saturated rings. The van der Waals surface area contributed by atoms with E-state index in [1.807, 2.05) is 107 Å². The maximum absolute atomic E-state index is 13.7. The van der Waals surface area contributed by atoms with Gasteiger partial charge >= 0.3 is 0 Å². The van der Waals surface area contributed by atoms with Gasteiger partial charge in [-0.15, -0.1) is 11.8 Å². The molecular weight excluding hydrogens is 488 g/mol. The normalized spacial score (nSPS) is 12.1. The first-order valence-corrected chi connectivity index (χ1v) is 13.7. The monoisotopic (exact) mass is 522 g/mol. The molecule has 3 aromatic rings. The van der Waals surface area contributed by atoms with E-state index >= 15 is 0 Å². The van der Waals surface area contributed by atoms with Crippen molar-refractivity contribution >= 4 is 35.2 Å². The van der Waals surface area contributed by atoms with Crippen LogP contribution in [0, 0.1) is 6.92 Å². The Morgan fingerprint density at radius 2 is 1.53 bits per heavy atom. The van der Waals surface area contributed by atoms with E-state index in [9.17, 15) is 9.59 Å². The summed E-state index contributed by atoms with van der Waals surface area (Å²) in [4.78, 5) is 29.1. The van der Waals surface area contributed by atoms with Crippen LogP contribution in [0.1, 0.15) is 43.0 Å². The van der Waals surface area contributed by atoms with E-state index in [-0.39, 0.29) is 17.6 Å². The molecule has 0 unspecified atom stereocenters. The Morgan fingerprint density at radius 3 is 2.17 bits per heavy atom. The molecular formula is C30H35ClN2O2S. The quantitative estimate of drug-likeness (QED) is 0.333. The summed E-state index contributed by atoms with van der Waals surface area (Å²) in [7, 11) is 0. The van der Waals surface area contributed by atoms with Crippen molar-refractivity contribution in [2.75, 3.05) is 5.75 Å². The van der Waals surface area contributed by atoms with Crippen molar-refractivity contribution in [1.29, 1.82) is 0 Å². The van der Waals surface area contributed by atoms with Crippen molar-refractivity contribution in [2.45, 2.75) is 58.0 Å². The van der Waals surface area contributed by atoms with Crippen LogP contribution in [0.4, 0.5) is 0 Å². The first-order valence-electron chi connectivity index (χ1n) is 12.1. The summed E-state index contributed by atoms with van der Waals surface area (Å²) in [6, 6.07) is 24.9. The van der Waals surface area contributed by atoms with Gasteiger partial charge in [-0.3, -0.25) is 9.59 Å². The first kappa shape index (κ1) is 27.8. The number of halogens is 1. The average molecular weight is 523 g/mol. The van der Waals surface area contributed by atoms with E-state index in [1.165, 1.54) is 11.8 Å². The smallest absolute Gasteiger partial charge is 0.243 e. The van der Waals surface area contributed by atoms with Gasteiger partial charge in [-0.05, 0) is 56.0 Å². The number of benzene rings is 3. The molecule has 0 spiro atoms. The molecule has 0 aliphatic heterocycles. The molecule has 0 aromatic heterocycles. The summed E-state index contributed by atoms with van der Waals surface area (Å²) in [5.74, 6) is 0.663. The van der Waals surface area contributed by atoms with E-state index in [4.69, 9.17) is 11.6 Å². The van der Waals surface area contributed by atoms with Crippen LogP contribution in [0.3, 0.4) is 0 Å². The van der Waals surface area contributed by atoms with Gasteiger partial charge in [0, 0.05) is 29.3 Å². The maximum atomic E-state index is 13.7. The minimum atomic E-state index is -0.639. The van der Waals surface area contributed by atoms with Crippen molar-refractivity contribution in [1.82, 2.24) is 10.2 Å². The van der Waals surface area contributed by atoms with Gasteiger partial charge in [-0.2, -0.15) is 0 Å². The number of nitrogens with one attached hydrogen (secondary N) is 1. The number of amides is 2. The van der Waals surface area contributed by atoms with Crippen molar-refractivity contribution in [3.8, 4) is 0 Å². The van der Waals surface area contributed by atoms with Crippen LogP contribution >= 0.6 is 23.4 Å². The molecule has 0 aliphatic carbocycles. The fourth-order valence-electron chi connectivity index (χ4n) is 3.92. The van der Waals surface area contributed by atoms with Crippen LogP contribution in [0.15, 0.2) is 78.9 Å². The zero-order valence-electron chi connectivity index (χ0n) is 21.5. The zero-order valence-corrected chi connectivity index (χ0v) is 23.0. The molecule has 0 saturated heterocycles. The highest BCUT2D eigenvalue weighted by molar-refractivity contribution is 7.99. The van der Waals surface area contributed by atoms with Gasteiger partial charge in [-0.25, -0.2) is 0 Å². The van der Waals surface area contributed by atoms with Gasteiger partial charge < -0.3 is 10.2 Å². The van der Waals surface area contributed by atoms with E-state index in [0.717, 1.165) is 22.3 Å². The second-order valence-corrected chi connectivity index (χ2v) is 11.4. The third-order valence-electron chi connectivity index (χ3n) is 5.81. The van der Waals surface area contributed by atoms with Crippen LogP contribution in [-0.4, -0.2) is 34.0 Å². The third-order valence-corrected chi connectivity index (χ3v) is 7.15. The maximum Gasteiger partial charge on any atom is 0.243 e. The summed E-state index contributed by atoms with van der Waals surface area (Å²) in [6.07, 6.45) is 0.440. The largest absolute Gasteiger partial charge is 0.350 e. The summed E-state index contributed by atoms with van der Waals surface area (Å²) in [6.45, 7) is 8.27. The van der Waals surface area contributed by atoms with Crippen molar-refractivity contribution in [3.63, 3.8) is 0 Å². The van der Waals surface area contributed by atoms with E-state index < -0.39 is 11.6 Å². The van der Waals surface area contributed by atoms with Gasteiger partial charge in [0.2, 0.25) is 11.8 Å². The molecule has 0 bridgehead atoms. The summed E-state index contributed by atoms with van der Waals surface area (Å²) >= 11 is 7.82. The fraction of sp³-hybridized carbons (Fsp3) is 0.333. The first-order chi connectivity index (χ1) is 17.1. The van der Waals surface area contributed by atoms with Crippen LogP contribution in [0.2, 0.25) is 5.02 Å². The van der Waals surface area contributed by atoms with Crippen LogP contribution in [0.5, 0.6) is 0 Å². The van der Waals surface area contributed by atoms with Gasteiger partial charge in [0.05, 0.1) is 5.75 Å². The topological polar surface area (TPSA) is 49.4 Å². The summed E-state index contributed by atoms with van der Waals surface area (Å²) in [5, 5.41) is 3.80. The molecule has 1 N–H and O–H groups in total. The Balaban J connectivity index is 1.89. The molecule has 3 aromatic carbocycles. The molecule has 0 radical (unpaired) electrons. The highest BCUT2D eigenvalue weighted by Gasteiger charge is 2.32. The predicted molar refractivity (Wildman–Crippen MR) is 151 cm³/mol. The van der Waals surface area contributed by atoms with Crippen molar-refractivity contribution < 1.29 is 9.59 Å². The lowest BCUT2D eigenvalue weighted by molar-refractivity contribution is -0.140. The zero-order chi connectivity index (χ0) is 26.1. The Kier molecular flexibility index (Phi) is 10.0. The fourth-order valence-corrected chi connectivity index (χ4v) is 5.12. The Morgan fingerprint density at radius 1 is 0.917 bits per heavy atom. The number of nitrogens with zero attached hydrogens (tertiary/aromatic N) is 1. The molecule has 3 rings (SSSR count). The second kappa shape index (κ2) is 13.0. The minimum Gasteiger partial charge on any atom is -0.350 e. The summed E-state index contributed by atoms with van der Waals surface area (Å²) in [5.41, 5.74) is 3.71. The van der Waals surface area contributed by atoms with E-state index in [0.29, 0.717) is 23.7 Å². The van der Waals surface area contributed by atoms with Crippen LogP contribution < -0.4 is 5.32 Å². The molecule has 190 valence electrons. The molecule has 36 heavy (non-hydrogen) atoms. The predicted octanol–water partition coefficient (Wildman–Crippen LogP) is 6.44. The van der Waals surface area contributed by atoms with Crippen molar-refractivity contribution in [3.05, 3.63) is 106 Å². The number of rotatable bonds is 10. The average Bonchev–Trinajstić information content (AvgIpc) is 2.83. The minimum absolute atomic E-state index is 0.0692. The number of thioether (sulfide) groups is 1. The highest BCUT2D eigenvalue weighted by Crippen LogP contribution is 2.23. The van der Waals surface area contributed by atoms with E-state index in [1.54, 1.807) is 4.90 Å². The molecule has 0 aliphatic rings. The van der Waals surface area contributed by atoms with Crippen LogP contribution in [-0.2, 0) is 28.3 Å². The highest BCUT2D eigenvalue weighted by atomic mass is 35.5. The van der Waals surface area contributed by atoms with Gasteiger partial charge in [0.15, 0.2) is 0 Å². The van der Waals surface area contributed by atoms with Gasteiger partial charge in [0.1, 0.15) is 6.04 Å². The van der Waals surface area contributed by atoms with Gasteiger partial charge in [-0.1, -0.05) is 84.4 Å². The molecule has 1 atom stereocenters. The SMILES string of the molecule is Cc1ccccc1CN(C(=O)CSCc1ccccc1Cl)[C@@H](Cc1ccccc1)C(=O)NC(C)(C)C. The molecule has 0 heterocycles.